The molecule has 1 rings (SSSR count). The average molecular weight is 305 g/mol. The monoisotopic (exact) mass is 304 g/mol. The number of thiocarbonyl (C=S) groups is 1. The van der Waals surface area contributed by atoms with E-state index in [1.165, 1.54) is 0 Å². The summed E-state index contributed by atoms with van der Waals surface area (Å²) in [6.07, 6.45) is 0. The Balaban J connectivity index is 2.57. The van der Waals surface area contributed by atoms with Gasteiger partial charge in [-0.2, -0.15) is 0 Å². The Kier molecular flexibility index (Phi) is 4.09. The molecule has 1 heterocycles. The predicted octanol–water partition coefficient (Wildman–Crippen LogP) is 2.08. The molecule has 1 aromatic heterocycles. The van der Waals surface area contributed by atoms with Crippen LogP contribution in [0.25, 0.3) is 0 Å². The van der Waals surface area contributed by atoms with Crippen LogP contribution in [-0.2, 0) is 0 Å². The molecule has 1 amide bonds. The van der Waals surface area contributed by atoms with Crippen LogP contribution in [-0.4, -0.2) is 17.4 Å². The molecule has 0 aliphatic heterocycles. The summed E-state index contributed by atoms with van der Waals surface area (Å²) in [4.78, 5) is 12.0. The molecule has 16 heavy (non-hydrogen) atoms. The largest absolute Gasteiger partial charge is 0.444 e. The predicted molar refractivity (Wildman–Crippen MR) is 69.3 cm³/mol. The van der Waals surface area contributed by atoms with E-state index >= 15 is 0 Å². The molecule has 0 fully saturated rings. The first-order chi connectivity index (χ1) is 7.33. The summed E-state index contributed by atoms with van der Waals surface area (Å²) < 4.78 is 5.63. The third kappa shape index (κ3) is 3.31. The highest BCUT2D eigenvalue weighted by Crippen LogP contribution is 2.16. The smallest absolute Gasteiger partial charge is 0.287 e. The summed E-state index contributed by atoms with van der Waals surface area (Å²) in [5.41, 5.74) is 5.14. The van der Waals surface area contributed by atoms with Gasteiger partial charge in [0.2, 0.25) is 0 Å². The Morgan fingerprint density at radius 2 is 2.25 bits per heavy atom. The molecule has 1 aromatic rings. The van der Waals surface area contributed by atoms with Crippen molar-refractivity contribution >= 4 is 39.0 Å². The highest BCUT2D eigenvalue weighted by atomic mass is 79.9. The molecule has 0 saturated heterocycles. The molecule has 6 heteroatoms. The van der Waals surface area contributed by atoms with E-state index in [0.717, 1.165) is 0 Å². The first-order valence-corrected chi connectivity index (χ1v) is 5.86. The number of furan rings is 1. The molecule has 0 unspecified atom stereocenters. The van der Waals surface area contributed by atoms with Crippen molar-refractivity contribution in [2.24, 2.45) is 11.1 Å². The SMILES string of the molecule is CC(C)(CNC(=O)c1ccc(Br)o1)C(N)=S. The first kappa shape index (κ1) is 13.2. The molecule has 3 N–H and O–H groups in total. The Hall–Kier alpha value is -0.880. The first-order valence-electron chi connectivity index (χ1n) is 4.66. The van der Waals surface area contributed by atoms with Crippen LogP contribution in [0, 0.1) is 5.41 Å². The van der Waals surface area contributed by atoms with Gasteiger partial charge in [-0.1, -0.05) is 26.1 Å². The number of hydrogen-bond acceptors (Lipinski definition) is 3. The molecule has 0 aromatic carbocycles. The fraction of sp³-hybridized carbons (Fsp3) is 0.400. The second-order valence-electron chi connectivity index (χ2n) is 4.03. The lowest BCUT2D eigenvalue weighted by Crippen LogP contribution is -2.41. The average Bonchev–Trinajstić information content (AvgIpc) is 2.61. The second-order valence-corrected chi connectivity index (χ2v) is 5.26. The summed E-state index contributed by atoms with van der Waals surface area (Å²) in [5, 5.41) is 2.71. The number of carbonyl (C=O) groups is 1. The van der Waals surface area contributed by atoms with E-state index in [1.807, 2.05) is 13.8 Å². The number of nitrogens with two attached hydrogens (primary N) is 1. The van der Waals surface area contributed by atoms with Gasteiger partial charge in [0.15, 0.2) is 10.4 Å². The standard InChI is InChI=1S/C10H13BrN2O2S/c1-10(2,9(12)16)5-13-8(14)6-3-4-7(11)15-6/h3-4H,5H2,1-2H3,(H2,12,16)(H,13,14). The molecule has 0 aliphatic carbocycles. The van der Waals surface area contributed by atoms with Gasteiger partial charge in [0.1, 0.15) is 0 Å². The summed E-state index contributed by atoms with van der Waals surface area (Å²) in [5.74, 6) is -0.0272. The van der Waals surface area contributed by atoms with Crippen LogP contribution < -0.4 is 11.1 Å². The number of carbonyl (C=O) groups excluding carboxylic acids is 1. The minimum Gasteiger partial charge on any atom is -0.444 e. The molecule has 0 radical (unpaired) electrons. The molecule has 0 saturated carbocycles. The summed E-state index contributed by atoms with van der Waals surface area (Å²) in [6, 6.07) is 3.25. The van der Waals surface area contributed by atoms with Gasteiger partial charge in [-0.05, 0) is 28.1 Å². The van der Waals surface area contributed by atoms with Gasteiger partial charge < -0.3 is 15.5 Å². The molecular weight excluding hydrogens is 292 g/mol. The molecule has 0 bridgehead atoms. The van der Waals surface area contributed by atoms with E-state index in [-0.39, 0.29) is 11.7 Å². The third-order valence-corrected chi connectivity index (χ3v) is 3.13. The normalized spacial score (nSPS) is 11.2. The van der Waals surface area contributed by atoms with Crippen LogP contribution in [0.5, 0.6) is 0 Å². The summed E-state index contributed by atoms with van der Waals surface area (Å²) in [6.45, 7) is 4.11. The van der Waals surface area contributed by atoms with E-state index in [9.17, 15) is 4.79 Å². The van der Waals surface area contributed by atoms with Gasteiger partial charge in [0.05, 0.1) is 4.99 Å². The fourth-order valence-electron chi connectivity index (χ4n) is 0.912. The van der Waals surface area contributed by atoms with Gasteiger partial charge in [0, 0.05) is 12.0 Å². The Morgan fingerprint density at radius 3 is 2.69 bits per heavy atom. The van der Waals surface area contributed by atoms with Gasteiger partial charge in [-0.15, -0.1) is 0 Å². The van der Waals surface area contributed by atoms with E-state index in [0.29, 0.717) is 16.2 Å². The highest BCUT2D eigenvalue weighted by molar-refractivity contribution is 9.10. The minimum atomic E-state index is -0.408. The highest BCUT2D eigenvalue weighted by Gasteiger charge is 2.23. The van der Waals surface area contributed by atoms with Crippen LogP contribution in [0.3, 0.4) is 0 Å². The summed E-state index contributed by atoms with van der Waals surface area (Å²) in [7, 11) is 0. The Morgan fingerprint density at radius 1 is 1.62 bits per heavy atom. The van der Waals surface area contributed by atoms with Gasteiger partial charge in [0.25, 0.3) is 5.91 Å². The van der Waals surface area contributed by atoms with Crippen molar-refractivity contribution in [1.29, 1.82) is 0 Å². The van der Waals surface area contributed by atoms with Crippen molar-refractivity contribution in [3.8, 4) is 0 Å². The van der Waals surface area contributed by atoms with Gasteiger partial charge in [-0.3, -0.25) is 4.79 Å². The van der Waals surface area contributed by atoms with Crippen molar-refractivity contribution in [1.82, 2.24) is 5.32 Å². The number of nitrogens with one attached hydrogen (secondary N) is 1. The van der Waals surface area contributed by atoms with E-state index in [1.54, 1.807) is 12.1 Å². The molecule has 4 nitrogen and oxygen atoms in total. The van der Waals surface area contributed by atoms with Crippen LogP contribution in [0.4, 0.5) is 0 Å². The lowest BCUT2D eigenvalue weighted by molar-refractivity contribution is 0.0916. The fourth-order valence-corrected chi connectivity index (χ4v) is 1.29. The lowest BCUT2D eigenvalue weighted by atomic mass is 9.93. The van der Waals surface area contributed by atoms with Crippen LogP contribution >= 0.6 is 28.1 Å². The van der Waals surface area contributed by atoms with Gasteiger partial charge in [-0.25, -0.2) is 0 Å². The number of hydrogen-bond donors (Lipinski definition) is 2. The van der Waals surface area contributed by atoms with Crippen LogP contribution in [0.1, 0.15) is 24.4 Å². The number of amides is 1. The second kappa shape index (κ2) is 4.97. The zero-order valence-electron chi connectivity index (χ0n) is 9.04. The number of rotatable bonds is 4. The lowest BCUT2D eigenvalue weighted by Gasteiger charge is -2.22. The maximum Gasteiger partial charge on any atom is 0.287 e. The van der Waals surface area contributed by atoms with E-state index in [4.69, 9.17) is 22.4 Å². The van der Waals surface area contributed by atoms with Crippen molar-refractivity contribution in [3.63, 3.8) is 0 Å². The van der Waals surface area contributed by atoms with Crippen LogP contribution in [0.2, 0.25) is 0 Å². The Bertz CT molecular complexity index is 415. The van der Waals surface area contributed by atoms with Gasteiger partial charge >= 0.3 is 0 Å². The molecule has 0 spiro atoms. The zero-order valence-corrected chi connectivity index (χ0v) is 11.4. The molecule has 88 valence electrons. The van der Waals surface area contributed by atoms with Crippen LogP contribution in [0.15, 0.2) is 21.2 Å². The quantitative estimate of drug-likeness (QED) is 0.836. The molecule has 0 aliphatic rings. The van der Waals surface area contributed by atoms with Crippen molar-refractivity contribution in [3.05, 3.63) is 22.6 Å². The van der Waals surface area contributed by atoms with Crippen molar-refractivity contribution in [2.75, 3.05) is 6.54 Å². The zero-order chi connectivity index (χ0) is 12.3. The molecular formula is C10H13BrN2O2S. The Labute approximate surface area is 108 Å². The van der Waals surface area contributed by atoms with Crippen molar-refractivity contribution < 1.29 is 9.21 Å². The topological polar surface area (TPSA) is 68.3 Å². The summed E-state index contributed by atoms with van der Waals surface area (Å²) >= 11 is 8.03. The molecule has 0 atom stereocenters. The minimum absolute atomic E-state index is 0.255. The van der Waals surface area contributed by atoms with E-state index < -0.39 is 5.41 Å². The van der Waals surface area contributed by atoms with Crippen molar-refractivity contribution in [2.45, 2.75) is 13.8 Å². The number of halogens is 1. The maximum absolute atomic E-state index is 11.6. The maximum atomic E-state index is 11.6. The van der Waals surface area contributed by atoms with E-state index in [2.05, 4.69) is 21.2 Å². The third-order valence-electron chi connectivity index (χ3n) is 2.15.